The largest absolute Gasteiger partial charge is 0.394 e. The molecule has 1 atom stereocenters. The van der Waals surface area contributed by atoms with Crippen LogP contribution in [0.2, 0.25) is 0 Å². The van der Waals surface area contributed by atoms with Crippen molar-refractivity contribution in [3.8, 4) is 0 Å². The van der Waals surface area contributed by atoms with E-state index in [-0.39, 0.29) is 17.4 Å². The molecule has 0 spiro atoms. The summed E-state index contributed by atoms with van der Waals surface area (Å²) in [6, 6.07) is 16.0. The average Bonchev–Trinajstić information content (AvgIpc) is 2.82. The summed E-state index contributed by atoms with van der Waals surface area (Å²) in [6.45, 7) is 1.54. The molecule has 2 aromatic carbocycles. The Kier molecular flexibility index (Phi) is 6.08. The van der Waals surface area contributed by atoms with E-state index in [0.29, 0.717) is 31.7 Å². The summed E-state index contributed by atoms with van der Waals surface area (Å²) < 4.78 is 13.1. The molecule has 2 heterocycles. The van der Waals surface area contributed by atoms with E-state index in [9.17, 15) is 19.1 Å². The number of nitrogens with one attached hydrogen (secondary N) is 1. The molecule has 0 aliphatic carbocycles. The number of aliphatic hydroxyl groups is 1. The van der Waals surface area contributed by atoms with Crippen LogP contribution in [0.1, 0.15) is 10.5 Å². The number of pyridine rings is 1. The minimum Gasteiger partial charge on any atom is -0.394 e. The summed E-state index contributed by atoms with van der Waals surface area (Å²) in [4.78, 5) is 33.5. The molecule has 3 aromatic rings. The van der Waals surface area contributed by atoms with Crippen molar-refractivity contribution in [3.05, 3.63) is 72.2 Å². The number of rotatable bonds is 5. The normalized spacial score (nSPS) is 15.0. The van der Waals surface area contributed by atoms with Gasteiger partial charge in [0.25, 0.3) is 5.91 Å². The van der Waals surface area contributed by atoms with Gasteiger partial charge >= 0.3 is 0 Å². The van der Waals surface area contributed by atoms with Crippen LogP contribution in [0.3, 0.4) is 0 Å². The first-order valence-electron chi connectivity index (χ1n) is 10.1. The number of benzene rings is 2. The Morgan fingerprint density at radius 1 is 1.00 bits per heavy atom. The predicted octanol–water partition coefficient (Wildman–Crippen LogP) is 1.81. The summed E-state index contributed by atoms with van der Waals surface area (Å²) in [6.07, 6.45) is 0. The number of amides is 2. The maximum absolute atomic E-state index is 13.1. The second kappa shape index (κ2) is 9.09. The number of fused-ring (bicyclic) bond motifs is 1. The lowest BCUT2D eigenvalue weighted by molar-refractivity contribution is -0.134. The Balaban J connectivity index is 1.37. The lowest BCUT2D eigenvalue weighted by Crippen LogP contribution is -2.56. The van der Waals surface area contributed by atoms with Gasteiger partial charge < -0.3 is 20.2 Å². The van der Waals surface area contributed by atoms with E-state index in [4.69, 9.17) is 0 Å². The van der Waals surface area contributed by atoms with E-state index in [1.807, 2.05) is 18.2 Å². The number of aliphatic hydroxyl groups excluding tert-OH is 1. The quantitative estimate of drug-likeness (QED) is 0.655. The van der Waals surface area contributed by atoms with Crippen molar-refractivity contribution < 1.29 is 19.1 Å². The fourth-order valence-electron chi connectivity index (χ4n) is 3.67. The van der Waals surface area contributed by atoms with Crippen LogP contribution < -0.4 is 10.2 Å². The number of piperazine rings is 1. The summed E-state index contributed by atoms with van der Waals surface area (Å²) in [5.74, 6) is -1.14. The third-order valence-electron chi connectivity index (χ3n) is 5.40. The van der Waals surface area contributed by atoms with E-state index in [2.05, 4.69) is 15.2 Å². The molecule has 1 fully saturated rings. The van der Waals surface area contributed by atoms with Crippen molar-refractivity contribution in [1.82, 2.24) is 15.2 Å². The zero-order valence-corrected chi connectivity index (χ0v) is 16.9. The molecule has 160 valence electrons. The lowest BCUT2D eigenvalue weighted by atomic mass is 10.2. The van der Waals surface area contributed by atoms with Crippen molar-refractivity contribution in [2.45, 2.75) is 6.04 Å². The molecule has 4 rings (SSSR count). The van der Waals surface area contributed by atoms with Crippen molar-refractivity contribution >= 4 is 28.4 Å². The smallest absolute Gasteiger partial charge is 0.270 e. The molecule has 0 saturated carbocycles. The number of nitrogens with zero attached hydrogens (tertiary/aromatic N) is 3. The molecule has 1 saturated heterocycles. The maximum Gasteiger partial charge on any atom is 0.270 e. The minimum atomic E-state index is -1.04. The number of anilines is 1. The zero-order valence-electron chi connectivity index (χ0n) is 16.9. The number of carbonyl (C=O) groups excluding carboxylic acids is 2. The first-order valence-corrected chi connectivity index (χ1v) is 10.1. The number of halogens is 1. The summed E-state index contributed by atoms with van der Waals surface area (Å²) >= 11 is 0. The van der Waals surface area contributed by atoms with Gasteiger partial charge in [0, 0.05) is 37.3 Å². The molecule has 1 aromatic heterocycles. The Hall–Kier alpha value is -3.52. The predicted molar refractivity (Wildman–Crippen MR) is 115 cm³/mol. The van der Waals surface area contributed by atoms with Gasteiger partial charge in [-0.2, -0.15) is 0 Å². The molecule has 2 N–H and O–H groups in total. The van der Waals surface area contributed by atoms with Crippen molar-refractivity contribution in [1.29, 1.82) is 0 Å². The molecule has 1 unspecified atom stereocenters. The summed E-state index contributed by atoms with van der Waals surface area (Å²) in [5.41, 5.74) is 1.76. The van der Waals surface area contributed by atoms with Crippen LogP contribution in [0, 0.1) is 5.82 Å². The third-order valence-corrected chi connectivity index (χ3v) is 5.40. The molecule has 0 radical (unpaired) electrons. The maximum atomic E-state index is 13.1. The van der Waals surface area contributed by atoms with Crippen LogP contribution in [0.15, 0.2) is 60.7 Å². The van der Waals surface area contributed by atoms with Gasteiger partial charge in [0.05, 0.1) is 12.1 Å². The summed E-state index contributed by atoms with van der Waals surface area (Å²) in [7, 11) is 0. The van der Waals surface area contributed by atoms with Crippen LogP contribution >= 0.6 is 0 Å². The average molecular weight is 422 g/mol. The standard InChI is InChI=1S/C23H23FN4O3/c24-17-6-8-18(9-7-17)27-11-13-28(14-12-27)23(31)21(15-29)26-22(30)20-10-5-16-3-1-2-4-19(16)25-20/h1-10,21,29H,11-15H2,(H,26,30). The highest BCUT2D eigenvalue weighted by Crippen LogP contribution is 2.17. The number of para-hydroxylation sites is 1. The number of hydrogen-bond acceptors (Lipinski definition) is 5. The molecule has 1 aliphatic heterocycles. The number of aromatic nitrogens is 1. The lowest BCUT2D eigenvalue weighted by Gasteiger charge is -2.37. The fraction of sp³-hybridized carbons (Fsp3) is 0.261. The molecular formula is C23H23FN4O3. The van der Waals surface area contributed by atoms with Gasteiger partial charge in [-0.1, -0.05) is 24.3 Å². The first kappa shape index (κ1) is 20.7. The van der Waals surface area contributed by atoms with Crippen molar-refractivity contribution in [3.63, 3.8) is 0 Å². The fourth-order valence-corrected chi connectivity index (χ4v) is 3.67. The van der Waals surface area contributed by atoms with E-state index in [0.717, 1.165) is 11.1 Å². The van der Waals surface area contributed by atoms with Crippen LogP contribution in [0.25, 0.3) is 10.9 Å². The first-order chi connectivity index (χ1) is 15.0. The van der Waals surface area contributed by atoms with Crippen molar-refractivity contribution in [2.24, 2.45) is 0 Å². The SMILES string of the molecule is O=C(NC(CO)C(=O)N1CCN(c2ccc(F)cc2)CC1)c1ccc2ccccc2n1. The van der Waals surface area contributed by atoms with Crippen LogP contribution in [-0.4, -0.2) is 65.6 Å². The van der Waals surface area contributed by atoms with E-state index in [1.165, 1.54) is 12.1 Å². The molecule has 2 amide bonds. The second-order valence-corrected chi connectivity index (χ2v) is 7.39. The highest BCUT2D eigenvalue weighted by Gasteiger charge is 2.29. The van der Waals surface area contributed by atoms with Gasteiger partial charge in [-0.3, -0.25) is 9.59 Å². The van der Waals surface area contributed by atoms with E-state index < -0.39 is 18.6 Å². The molecule has 8 heteroatoms. The Bertz CT molecular complexity index is 1080. The molecule has 31 heavy (non-hydrogen) atoms. The zero-order chi connectivity index (χ0) is 21.8. The van der Waals surface area contributed by atoms with E-state index >= 15 is 0 Å². The van der Waals surface area contributed by atoms with Crippen molar-refractivity contribution in [2.75, 3.05) is 37.7 Å². The highest BCUT2D eigenvalue weighted by atomic mass is 19.1. The highest BCUT2D eigenvalue weighted by molar-refractivity contribution is 5.97. The molecule has 1 aliphatic rings. The third kappa shape index (κ3) is 4.64. The van der Waals surface area contributed by atoms with Crippen LogP contribution in [0.5, 0.6) is 0 Å². The van der Waals surface area contributed by atoms with Gasteiger partial charge in [0.2, 0.25) is 5.91 Å². The Morgan fingerprint density at radius 2 is 1.71 bits per heavy atom. The molecular weight excluding hydrogens is 399 g/mol. The number of carbonyl (C=O) groups is 2. The number of hydrogen-bond donors (Lipinski definition) is 2. The van der Waals surface area contributed by atoms with Gasteiger partial charge in [0.1, 0.15) is 17.6 Å². The molecule has 7 nitrogen and oxygen atoms in total. The topological polar surface area (TPSA) is 85.8 Å². The monoisotopic (exact) mass is 422 g/mol. The van der Waals surface area contributed by atoms with Gasteiger partial charge in [-0.05, 0) is 36.4 Å². The van der Waals surface area contributed by atoms with Crippen LogP contribution in [-0.2, 0) is 4.79 Å². The van der Waals surface area contributed by atoms with Gasteiger partial charge in [-0.15, -0.1) is 0 Å². The summed E-state index contributed by atoms with van der Waals surface area (Å²) in [5, 5.41) is 13.2. The second-order valence-electron chi connectivity index (χ2n) is 7.39. The van der Waals surface area contributed by atoms with E-state index in [1.54, 1.807) is 35.2 Å². The van der Waals surface area contributed by atoms with Crippen LogP contribution in [0.4, 0.5) is 10.1 Å². The Morgan fingerprint density at radius 3 is 2.42 bits per heavy atom. The Labute approximate surface area is 179 Å². The minimum absolute atomic E-state index is 0.186. The van der Waals surface area contributed by atoms with Gasteiger partial charge in [0.15, 0.2) is 0 Å². The molecule has 0 bridgehead atoms. The van der Waals surface area contributed by atoms with Gasteiger partial charge in [-0.25, -0.2) is 9.37 Å².